The minimum absolute atomic E-state index is 0.0204. The van der Waals surface area contributed by atoms with Crippen molar-refractivity contribution in [1.29, 1.82) is 0 Å². The van der Waals surface area contributed by atoms with E-state index < -0.39 is 21.0 Å². The lowest BCUT2D eigenvalue weighted by molar-refractivity contribution is -0.125. The van der Waals surface area contributed by atoms with E-state index in [0.29, 0.717) is 0 Å². The molecule has 114 valence electrons. The molecule has 0 unspecified atom stereocenters. The van der Waals surface area contributed by atoms with Crippen LogP contribution in [0, 0.1) is 0 Å². The molecule has 0 aliphatic carbocycles. The van der Waals surface area contributed by atoms with Gasteiger partial charge in [-0.1, -0.05) is 12.1 Å². The van der Waals surface area contributed by atoms with Gasteiger partial charge in [-0.25, -0.2) is 8.42 Å². The minimum Gasteiger partial charge on any atom is -0.326 e. The molecule has 0 atom stereocenters. The Bertz CT molecular complexity index is 682. The highest BCUT2D eigenvalue weighted by Crippen LogP contribution is 2.22. The van der Waals surface area contributed by atoms with Crippen molar-refractivity contribution in [3.63, 3.8) is 0 Å². The Morgan fingerprint density at radius 3 is 2.38 bits per heavy atom. The fourth-order valence-electron chi connectivity index (χ4n) is 2.12. The first-order valence-electron chi connectivity index (χ1n) is 6.61. The Hall–Kier alpha value is -1.89. The topological polar surface area (TPSA) is 74.8 Å². The number of hydrogen-bond acceptors (Lipinski definition) is 4. The molecule has 1 heterocycles. The number of benzene rings is 1. The lowest BCUT2D eigenvalue weighted by atomic mass is 10.2. The molecule has 2 rings (SSSR count). The maximum Gasteiger partial charge on any atom is 0.257 e. The summed E-state index contributed by atoms with van der Waals surface area (Å²) in [6, 6.07) is 6.13. The minimum atomic E-state index is -3.56. The van der Waals surface area contributed by atoms with Gasteiger partial charge in [0.05, 0.1) is 22.4 Å². The van der Waals surface area contributed by atoms with Crippen molar-refractivity contribution >= 4 is 21.7 Å². The van der Waals surface area contributed by atoms with Crippen molar-refractivity contribution in [2.24, 2.45) is 0 Å². The molecule has 0 N–H and O–H groups in total. The zero-order valence-electron chi connectivity index (χ0n) is 12.2. The summed E-state index contributed by atoms with van der Waals surface area (Å²) in [6.45, 7) is 3.30. The van der Waals surface area contributed by atoms with Crippen LogP contribution in [-0.2, 0) is 14.6 Å². The van der Waals surface area contributed by atoms with Crippen molar-refractivity contribution in [2.75, 3.05) is 20.3 Å². The van der Waals surface area contributed by atoms with Crippen molar-refractivity contribution in [3.8, 4) is 0 Å². The van der Waals surface area contributed by atoms with E-state index in [1.807, 2.05) is 0 Å². The molecule has 1 fully saturated rings. The average Bonchev–Trinajstić information content (AvgIpc) is 2.77. The molecule has 1 aromatic carbocycles. The van der Waals surface area contributed by atoms with Crippen LogP contribution in [0.3, 0.4) is 0 Å². The van der Waals surface area contributed by atoms with Gasteiger partial charge in [0.15, 0.2) is 9.84 Å². The largest absolute Gasteiger partial charge is 0.326 e. The molecule has 6 nitrogen and oxygen atoms in total. The number of sulfone groups is 1. The number of carbonyl (C=O) groups is 2. The van der Waals surface area contributed by atoms with Crippen molar-refractivity contribution in [3.05, 3.63) is 29.8 Å². The summed E-state index contributed by atoms with van der Waals surface area (Å²) >= 11 is 0. The van der Waals surface area contributed by atoms with Gasteiger partial charge in [-0.2, -0.15) is 0 Å². The van der Waals surface area contributed by atoms with Crippen LogP contribution in [0.4, 0.5) is 0 Å². The number of rotatable bonds is 3. The molecule has 0 saturated carbocycles. The number of carbonyl (C=O) groups excluding carboxylic acids is 2. The van der Waals surface area contributed by atoms with Gasteiger partial charge >= 0.3 is 0 Å². The van der Waals surface area contributed by atoms with E-state index in [1.54, 1.807) is 33.0 Å². The summed E-state index contributed by atoms with van der Waals surface area (Å²) in [6.07, 6.45) is 0. The van der Waals surface area contributed by atoms with Crippen LogP contribution in [0.5, 0.6) is 0 Å². The van der Waals surface area contributed by atoms with Crippen molar-refractivity contribution in [1.82, 2.24) is 9.80 Å². The first-order chi connectivity index (χ1) is 9.75. The zero-order valence-corrected chi connectivity index (χ0v) is 13.1. The third-order valence-corrected chi connectivity index (χ3v) is 5.68. The van der Waals surface area contributed by atoms with Crippen LogP contribution in [0.2, 0.25) is 0 Å². The van der Waals surface area contributed by atoms with Gasteiger partial charge < -0.3 is 9.80 Å². The number of likely N-dealkylation sites (N-methyl/N-ethyl adjacent to an activating group) is 1. The van der Waals surface area contributed by atoms with Crippen LogP contribution in [0.25, 0.3) is 0 Å². The van der Waals surface area contributed by atoms with Crippen LogP contribution >= 0.6 is 0 Å². The fourth-order valence-corrected chi connectivity index (χ4v) is 3.36. The zero-order chi connectivity index (χ0) is 15.8. The van der Waals surface area contributed by atoms with Gasteiger partial charge in [-0.15, -0.1) is 0 Å². The van der Waals surface area contributed by atoms with Gasteiger partial charge in [0.2, 0.25) is 5.91 Å². The van der Waals surface area contributed by atoms with Crippen LogP contribution in [-0.4, -0.2) is 55.5 Å². The molecule has 1 aliphatic rings. The quantitative estimate of drug-likeness (QED) is 0.825. The Balaban J connectivity index is 2.42. The molecule has 2 amide bonds. The van der Waals surface area contributed by atoms with E-state index in [4.69, 9.17) is 0 Å². The normalized spacial score (nSPS) is 15.9. The molecule has 1 aromatic rings. The van der Waals surface area contributed by atoms with E-state index in [-0.39, 0.29) is 29.6 Å². The highest BCUT2D eigenvalue weighted by atomic mass is 32.2. The summed E-state index contributed by atoms with van der Waals surface area (Å²) in [7, 11) is -1.95. The maximum atomic E-state index is 12.5. The van der Waals surface area contributed by atoms with Gasteiger partial charge in [-0.3, -0.25) is 9.59 Å². The van der Waals surface area contributed by atoms with Gasteiger partial charge in [0.25, 0.3) is 5.91 Å². The lowest BCUT2D eigenvalue weighted by Gasteiger charge is -2.18. The molecule has 0 spiro atoms. The second-order valence-corrected chi connectivity index (χ2v) is 7.80. The third-order valence-electron chi connectivity index (χ3n) is 3.47. The summed E-state index contributed by atoms with van der Waals surface area (Å²) in [5.74, 6) is -0.597. The first kappa shape index (κ1) is 15.5. The molecule has 0 radical (unpaired) electrons. The highest BCUT2D eigenvalue weighted by molar-refractivity contribution is 7.92. The molecule has 1 saturated heterocycles. The number of hydrogen-bond donors (Lipinski definition) is 0. The standard InChI is InChI=1S/C14H18N2O4S/c1-10(2)21(19,20)12-7-5-4-6-11(12)14(18)16-8-13(17)15(3)9-16/h4-7,10H,8-9H2,1-3H3. The van der Waals surface area contributed by atoms with Gasteiger partial charge in [-0.05, 0) is 26.0 Å². The van der Waals surface area contributed by atoms with E-state index in [2.05, 4.69) is 0 Å². The lowest BCUT2D eigenvalue weighted by Crippen LogP contribution is -2.31. The van der Waals surface area contributed by atoms with E-state index in [0.717, 1.165) is 0 Å². The van der Waals surface area contributed by atoms with Gasteiger partial charge in [0.1, 0.15) is 6.54 Å². The monoisotopic (exact) mass is 310 g/mol. The Labute approximate surface area is 124 Å². The summed E-state index contributed by atoms with van der Waals surface area (Å²) < 4.78 is 24.7. The number of nitrogens with zero attached hydrogens (tertiary/aromatic N) is 2. The van der Waals surface area contributed by atoms with E-state index in [9.17, 15) is 18.0 Å². The van der Waals surface area contributed by atoms with Crippen LogP contribution in [0.1, 0.15) is 24.2 Å². The van der Waals surface area contributed by atoms with Gasteiger partial charge in [0, 0.05) is 7.05 Å². The predicted molar refractivity (Wildman–Crippen MR) is 77.4 cm³/mol. The fraction of sp³-hybridized carbons (Fsp3) is 0.429. The molecule has 0 bridgehead atoms. The molecular formula is C14H18N2O4S. The van der Waals surface area contributed by atoms with Crippen molar-refractivity contribution in [2.45, 2.75) is 24.0 Å². The molecular weight excluding hydrogens is 292 g/mol. The van der Waals surface area contributed by atoms with Crippen LogP contribution in [0.15, 0.2) is 29.2 Å². The first-order valence-corrected chi connectivity index (χ1v) is 8.16. The highest BCUT2D eigenvalue weighted by Gasteiger charge is 2.32. The maximum absolute atomic E-state index is 12.5. The Kier molecular flexibility index (Phi) is 4.04. The SMILES string of the molecule is CC(C)S(=O)(=O)c1ccccc1C(=O)N1CC(=O)N(C)C1. The predicted octanol–water partition coefficient (Wildman–Crippen LogP) is 0.740. The molecule has 7 heteroatoms. The second-order valence-electron chi connectivity index (χ2n) is 5.33. The molecule has 21 heavy (non-hydrogen) atoms. The number of amides is 2. The summed E-state index contributed by atoms with van der Waals surface area (Å²) in [5.41, 5.74) is 0.120. The summed E-state index contributed by atoms with van der Waals surface area (Å²) in [4.78, 5) is 26.8. The second kappa shape index (κ2) is 5.48. The van der Waals surface area contributed by atoms with Crippen LogP contribution < -0.4 is 0 Å². The van der Waals surface area contributed by atoms with E-state index in [1.165, 1.54) is 21.9 Å². The average molecular weight is 310 g/mol. The van der Waals surface area contributed by atoms with Crippen molar-refractivity contribution < 1.29 is 18.0 Å². The van der Waals surface area contributed by atoms with E-state index >= 15 is 0 Å². The summed E-state index contributed by atoms with van der Waals surface area (Å²) in [5, 5.41) is -0.616. The third kappa shape index (κ3) is 2.78. The Morgan fingerprint density at radius 1 is 1.24 bits per heavy atom. The molecule has 1 aliphatic heterocycles. The smallest absolute Gasteiger partial charge is 0.257 e. The Morgan fingerprint density at radius 2 is 1.86 bits per heavy atom. The molecule has 0 aromatic heterocycles.